The zero-order chi connectivity index (χ0) is 21.7. The van der Waals surface area contributed by atoms with E-state index in [-0.39, 0.29) is 0 Å². The van der Waals surface area contributed by atoms with Gasteiger partial charge in [0.2, 0.25) is 0 Å². The molecule has 0 aliphatic carbocycles. The third-order valence-electron chi connectivity index (χ3n) is 5.71. The summed E-state index contributed by atoms with van der Waals surface area (Å²) in [7, 11) is 1.88. The van der Waals surface area contributed by atoms with Crippen molar-refractivity contribution in [2.45, 2.75) is 32.9 Å². The predicted octanol–water partition coefficient (Wildman–Crippen LogP) is 2.95. The smallest absolute Gasteiger partial charge is 0.162 e. The van der Waals surface area contributed by atoms with E-state index in [0.717, 1.165) is 46.3 Å². The molecule has 0 saturated carbocycles. The van der Waals surface area contributed by atoms with Crippen LogP contribution < -0.4 is 15.5 Å². The van der Waals surface area contributed by atoms with Crippen molar-refractivity contribution >= 4 is 39.3 Å². The predicted molar refractivity (Wildman–Crippen MR) is 122 cm³/mol. The second-order valence-corrected chi connectivity index (χ2v) is 8.46. The van der Waals surface area contributed by atoms with Gasteiger partial charge in [0, 0.05) is 37.9 Å². The van der Waals surface area contributed by atoms with Gasteiger partial charge in [0.05, 0.1) is 22.7 Å². The number of nitrogens with zero attached hydrogens (tertiary/aromatic N) is 6. The molecule has 0 unspecified atom stereocenters. The Morgan fingerprint density at radius 1 is 1.19 bits per heavy atom. The molecule has 3 N–H and O–H groups in total. The molecular formula is C22H25N9. The largest absolute Gasteiger partial charge is 0.368 e. The average molecular weight is 416 g/mol. The van der Waals surface area contributed by atoms with E-state index in [2.05, 4.69) is 61.8 Å². The maximum atomic E-state index is 9.88. The lowest BCUT2D eigenvalue weighted by molar-refractivity contribution is 0.407. The molecule has 4 aromatic rings. The van der Waals surface area contributed by atoms with Gasteiger partial charge in [-0.2, -0.15) is 15.5 Å². The number of nitrogens with one attached hydrogen (secondary N) is 3. The molecule has 0 amide bonds. The zero-order valence-corrected chi connectivity index (χ0v) is 18.1. The lowest BCUT2D eigenvalue weighted by Crippen LogP contribution is -2.54. The summed E-state index contributed by atoms with van der Waals surface area (Å²) < 4.78 is 1.76. The molecule has 9 nitrogen and oxygen atoms in total. The minimum absolute atomic E-state index is 0.390. The van der Waals surface area contributed by atoms with Crippen molar-refractivity contribution < 1.29 is 0 Å². The van der Waals surface area contributed by atoms with Gasteiger partial charge in [0.15, 0.2) is 5.82 Å². The number of aromatic amines is 1. The molecule has 1 aliphatic rings. The van der Waals surface area contributed by atoms with Crippen molar-refractivity contribution in [3.05, 3.63) is 35.5 Å². The molecule has 9 heteroatoms. The van der Waals surface area contributed by atoms with Crippen molar-refractivity contribution in [2.75, 3.05) is 23.3 Å². The summed E-state index contributed by atoms with van der Waals surface area (Å²) >= 11 is 0. The van der Waals surface area contributed by atoms with Crippen LogP contribution in [0.1, 0.15) is 25.0 Å². The van der Waals surface area contributed by atoms with Gasteiger partial charge in [0.1, 0.15) is 22.9 Å². The Balaban J connectivity index is 1.53. The van der Waals surface area contributed by atoms with E-state index in [0.29, 0.717) is 29.3 Å². The van der Waals surface area contributed by atoms with E-state index in [1.165, 1.54) is 0 Å². The number of aromatic nitrogens is 5. The van der Waals surface area contributed by atoms with Crippen molar-refractivity contribution in [1.29, 1.82) is 5.26 Å². The van der Waals surface area contributed by atoms with Crippen LogP contribution in [0.5, 0.6) is 0 Å². The van der Waals surface area contributed by atoms with Gasteiger partial charge in [-0.3, -0.25) is 9.78 Å². The van der Waals surface area contributed by atoms with Crippen LogP contribution in [0.25, 0.3) is 21.9 Å². The second-order valence-electron chi connectivity index (χ2n) is 8.46. The summed E-state index contributed by atoms with van der Waals surface area (Å²) in [5.41, 5.74) is 5.16. The van der Waals surface area contributed by atoms with Crippen molar-refractivity contribution in [1.82, 2.24) is 30.3 Å². The minimum atomic E-state index is 0.390. The van der Waals surface area contributed by atoms with Gasteiger partial charge < -0.3 is 15.5 Å². The molecule has 5 rings (SSSR count). The average Bonchev–Trinajstić information content (AvgIpc) is 3.30. The highest BCUT2D eigenvalue weighted by Gasteiger charge is 2.23. The van der Waals surface area contributed by atoms with Crippen molar-refractivity contribution in [3.63, 3.8) is 0 Å². The van der Waals surface area contributed by atoms with E-state index in [1.54, 1.807) is 4.68 Å². The molecule has 1 fully saturated rings. The first-order valence-corrected chi connectivity index (χ1v) is 10.4. The first kappa shape index (κ1) is 19.3. The van der Waals surface area contributed by atoms with Gasteiger partial charge in [-0.1, -0.05) is 0 Å². The summed E-state index contributed by atoms with van der Waals surface area (Å²) in [4.78, 5) is 6.98. The molecule has 1 aromatic carbocycles. The number of rotatable bonds is 3. The molecule has 1 saturated heterocycles. The third-order valence-corrected chi connectivity index (χ3v) is 5.71. The highest BCUT2D eigenvalue weighted by atomic mass is 15.3. The molecule has 158 valence electrons. The minimum Gasteiger partial charge on any atom is -0.368 e. The summed E-state index contributed by atoms with van der Waals surface area (Å²) in [6.45, 7) is 8.16. The quantitative estimate of drug-likeness (QED) is 0.472. The highest BCUT2D eigenvalue weighted by Crippen LogP contribution is 2.32. The molecule has 0 radical (unpaired) electrons. The van der Waals surface area contributed by atoms with Gasteiger partial charge in [-0.05, 0) is 44.5 Å². The number of pyridine rings is 1. The van der Waals surface area contributed by atoms with Crippen LogP contribution >= 0.6 is 0 Å². The van der Waals surface area contributed by atoms with Crippen LogP contribution in [0.15, 0.2) is 24.4 Å². The van der Waals surface area contributed by atoms with Gasteiger partial charge in [-0.15, -0.1) is 0 Å². The zero-order valence-electron chi connectivity index (χ0n) is 18.1. The van der Waals surface area contributed by atoms with E-state index in [4.69, 9.17) is 0 Å². The summed E-state index contributed by atoms with van der Waals surface area (Å²) in [6.07, 6.45) is 1.89. The molecule has 0 spiro atoms. The Morgan fingerprint density at radius 3 is 2.71 bits per heavy atom. The van der Waals surface area contributed by atoms with Gasteiger partial charge in [-0.25, -0.2) is 4.98 Å². The Bertz CT molecular complexity index is 1320. The van der Waals surface area contributed by atoms with Crippen LogP contribution in [-0.4, -0.2) is 50.1 Å². The van der Waals surface area contributed by atoms with Gasteiger partial charge in [0.25, 0.3) is 0 Å². The molecule has 4 heterocycles. The maximum absolute atomic E-state index is 9.88. The number of hydrogen-bond acceptors (Lipinski definition) is 7. The number of nitriles is 1. The Morgan fingerprint density at radius 2 is 1.97 bits per heavy atom. The molecule has 2 atom stereocenters. The number of fused-ring (bicyclic) bond motifs is 2. The number of aryl methyl sites for hydroxylation is 2. The molecular weight excluding hydrogens is 390 g/mol. The fraction of sp³-hybridized carbons (Fsp3) is 0.364. The topological polar surface area (TPSA) is 110 Å². The number of hydrogen-bond donors (Lipinski definition) is 3. The summed E-state index contributed by atoms with van der Waals surface area (Å²) in [5, 5.41) is 29.5. The van der Waals surface area contributed by atoms with Crippen LogP contribution in [0.2, 0.25) is 0 Å². The fourth-order valence-corrected chi connectivity index (χ4v) is 4.50. The lowest BCUT2D eigenvalue weighted by atomic mass is 10.1. The van der Waals surface area contributed by atoms with E-state index >= 15 is 0 Å². The highest BCUT2D eigenvalue weighted by molar-refractivity contribution is 5.98. The molecule has 1 aliphatic heterocycles. The van der Waals surface area contributed by atoms with Crippen LogP contribution in [0.3, 0.4) is 0 Å². The van der Waals surface area contributed by atoms with Crippen molar-refractivity contribution in [3.8, 4) is 6.07 Å². The number of anilines is 3. The maximum Gasteiger partial charge on any atom is 0.162 e. The first-order valence-electron chi connectivity index (χ1n) is 10.4. The standard InChI is InChI=1S/C22H25N9/c1-12-5-19(25-18-11-30(4)29-21(12)18)26-22-20-15(8-23)6-16(7-17(20)27-28-22)31-9-13(2)24-14(3)10-31/h5-7,11,13-14,24H,9-10H2,1-4H3,(H2,25,26,27,28)/t13-,14+. The lowest BCUT2D eigenvalue weighted by Gasteiger charge is -2.37. The van der Waals surface area contributed by atoms with Crippen LogP contribution in [0.4, 0.5) is 17.3 Å². The number of benzene rings is 1. The van der Waals surface area contributed by atoms with Crippen LogP contribution in [0, 0.1) is 18.3 Å². The third kappa shape index (κ3) is 3.45. The molecule has 3 aromatic heterocycles. The normalized spacial score (nSPS) is 19.1. The summed E-state index contributed by atoms with van der Waals surface area (Å²) in [6, 6.07) is 9.10. The second kappa shape index (κ2) is 7.25. The molecule has 31 heavy (non-hydrogen) atoms. The van der Waals surface area contributed by atoms with E-state index < -0.39 is 0 Å². The fourth-order valence-electron chi connectivity index (χ4n) is 4.50. The number of H-pyrrole nitrogens is 1. The van der Waals surface area contributed by atoms with Gasteiger partial charge >= 0.3 is 0 Å². The number of piperazine rings is 1. The molecule has 0 bridgehead atoms. The SMILES string of the molecule is Cc1cc(Nc2n[nH]c3cc(N4C[C@@H](C)N[C@@H](C)C4)cc(C#N)c23)nc2cn(C)nc12. The van der Waals surface area contributed by atoms with Crippen LogP contribution in [-0.2, 0) is 7.05 Å². The Kier molecular flexibility index (Phi) is 4.52. The van der Waals surface area contributed by atoms with Crippen molar-refractivity contribution in [2.24, 2.45) is 7.05 Å². The Hall–Kier alpha value is -3.64. The van der Waals surface area contributed by atoms with E-state index in [9.17, 15) is 5.26 Å². The Labute approximate surface area is 180 Å². The summed E-state index contributed by atoms with van der Waals surface area (Å²) in [5.74, 6) is 1.26. The first-order chi connectivity index (χ1) is 14.9. The monoisotopic (exact) mass is 415 g/mol. The van der Waals surface area contributed by atoms with E-state index in [1.807, 2.05) is 32.3 Å².